The lowest BCUT2D eigenvalue weighted by molar-refractivity contribution is 0.418. The zero-order valence-corrected chi connectivity index (χ0v) is 9.29. The number of hydrogen-bond donors (Lipinski definition) is 1. The number of hydrogen-bond acceptors (Lipinski definition) is 6. The maximum Gasteiger partial charge on any atom is 0.280 e. The Morgan fingerprint density at radius 3 is 2.94 bits per heavy atom. The molecule has 0 spiro atoms. The first-order chi connectivity index (χ1) is 7.70. The molecule has 0 aliphatic heterocycles. The SMILES string of the molecule is CC(C)c1noc(-c2cn(CCN)nn2)n1. The highest BCUT2D eigenvalue weighted by Crippen LogP contribution is 2.17. The van der Waals surface area contributed by atoms with Gasteiger partial charge in [-0.15, -0.1) is 5.10 Å². The number of aromatic nitrogens is 5. The summed E-state index contributed by atoms with van der Waals surface area (Å²) in [5, 5.41) is 11.7. The molecule has 2 N–H and O–H groups in total. The minimum absolute atomic E-state index is 0.233. The standard InChI is InChI=1S/C9H14N6O/c1-6(2)8-11-9(16-13-8)7-5-15(4-3-10)14-12-7/h5-6H,3-4,10H2,1-2H3. The number of rotatable bonds is 4. The third-order valence-electron chi connectivity index (χ3n) is 2.07. The van der Waals surface area contributed by atoms with Crippen LogP contribution in [0, 0.1) is 0 Å². The molecular weight excluding hydrogens is 208 g/mol. The Morgan fingerprint density at radius 2 is 2.31 bits per heavy atom. The summed E-state index contributed by atoms with van der Waals surface area (Å²) in [5.41, 5.74) is 5.99. The molecule has 7 heteroatoms. The molecule has 0 amide bonds. The van der Waals surface area contributed by atoms with Crippen molar-refractivity contribution < 1.29 is 4.52 Å². The van der Waals surface area contributed by atoms with E-state index in [9.17, 15) is 0 Å². The van der Waals surface area contributed by atoms with Crippen LogP contribution in [0.15, 0.2) is 10.7 Å². The normalized spacial score (nSPS) is 11.2. The van der Waals surface area contributed by atoms with Crippen molar-refractivity contribution in [3.05, 3.63) is 12.0 Å². The molecule has 0 aromatic carbocycles. The Labute approximate surface area is 92.6 Å². The van der Waals surface area contributed by atoms with Crippen LogP contribution in [-0.2, 0) is 6.54 Å². The van der Waals surface area contributed by atoms with E-state index < -0.39 is 0 Å². The van der Waals surface area contributed by atoms with Gasteiger partial charge in [0.05, 0.1) is 12.7 Å². The summed E-state index contributed by atoms with van der Waals surface area (Å²) in [4.78, 5) is 4.23. The number of nitrogens with zero attached hydrogens (tertiary/aromatic N) is 5. The Balaban J connectivity index is 2.21. The summed E-state index contributed by atoms with van der Waals surface area (Å²) >= 11 is 0. The maximum atomic E-state index is 5.41. The van der Waals surface area contributed by atoms with Crippen molar-refractivity contribution in [1.29, 1.82) is 0 Å². The van der Waals surface area contributed by atoms with Gasteiger partial charge in [-0.1, -0.05) is 24.2 Å². The molecule has 2 aromatic heterocycles. The predicted molar refractivity (Wildman–Crippen MR) is 56.5 cm³/mol. The summed E-state index contributed by atoms with van der Waals surface area (Å²) in [7, 11) is 0. The van der Waals surface area contributed by atoms with Crippen LogP contribution in [0.3, 0.4) is 0 Å². The highest BCUT2D eigenvalue weighted by molar-refractivity contribution is 5.43. The molecule has 2 aromatic rings. The molecule has 0 radical (unpaired) electrons. The molecular formula is C9H14N6O. The van der Waals surface area contributed by atoms with Crippen LogP contribution in [0.2, 0.25) is 0 Å². The van der Waals surface area contributed by atoms with Gasteiger partial charge in [-0.2, -0.15) is 4.98 Å². The molecule has 2 heterocycles. The van der Waals surface area contributed by atoms with Gasteiger partial charge in [-0.05, 0) is 0 Å². The molecule has 0 atom stereocenters. The van der Waals surface area contributed by atoms with Crippen molar-refractivity contribution in [2.45, 2.75) is 26.3 Å². The first-order valence-electron chi connectivity index (χ1n) is 5.15. The van der Waals surface area contributed by atoms with Crippen LogP contribution in [0.25, 0.3) is 11.6 Å². The predicted octanol–water partition coefficient (Wildman–Crippen LogP) is 0.410. The fraction of sp³-hybridized carbons (Fsp3) is 0.556. The molecule has 0 aliphatic carbocycles. The summed E-state index contributed by atoms with van der Waals surface area (Å²) in [5.74, 6) is 1.30. The quantitative estimate of drug-likeness (QED) is 0.804. The third kappa shape index (κ3) is 2.08. The summed E-state index contributed by atoms with van der Waals surface area (Å²) in [6.45, 7) is 5.14. The number of nitrogens with two attached hydrogens (primary N) is 1. The molecule has 0 saturated heterocycles. The molecule has 0 fully saturated rings. The second kappa shape index (κ2) is 4.40. The second-order valence-electron chi connectivity index (χ2n) is 3.77. The van der Waals surface area contributed by atoms with Crippen molar-refractivity contribution in [1.82, 2.24) is 25.1 Å². The average molecular weight is 222 g/mol. The maximum absolute atomic E-state index is 5.41. The summed E-state index contributed by atoms with van der Waals surface area (Å²) in [6, 6.07) is 0. The van der Waals surface area contributed by atoms with Gasteiger partial charge in [0, 0.05) is 12.5 Å². The lowest BCUT2D eigenvalue weighted by atomic mass is 10.2. The monoisotopic (exact) mass is 222 g/mol. The summed E-state index contributed by atoms with van der Waals surface area (Å²) < 4.78 is 6.74. The molecule has 0 saturated carbocycles. The zero-order valence-electron chi connectivity index (χ0n) is 9.29. The molecule has 86 valence electrons. The molecule has 16 heavy (non-hydrogen) atoms. The Hall–Kier alpha value is -1.76. The van der Waals surface area contributed by atoms with Crippen LogP contribution in [0.1, 0.15) is 25.6 Å². The Morgan fingerprint density at radius 1 is 1.50 bits per heavy atom. The Bertz CT molecular complexity index is 460. The van der Waals surface area contributed by atoms with Gasteiger partial charge < -0.3 is 10.3 Å². The zero-order chi connectivity index (χ0) is 11.5. The van der Waals surface area contributed by atoms with Crippen molar-refractivity contribution in [3.8, 4) is 11.6 Å². The molecule has 2 rings (SSSR count). The second-order valence-corrected chi connectivity index (χ2v) is 3.77. The van der Waals surface area contributed by atoms with Crippen molar-refractivity contribution in [2.24, 2.45) is 5.73 Å². The molecule has 0 unspecified atom stereocenters. The van der Waals surface area contributed by atoms with E-state index in [0.29, 0.717) is 30.5 Å². The third-order valence-corrected chi connectivity index (χ3v) is 2.07. The van der Waals surface area contributed by atoms with Crippen molar-refractivity contribution in [3.63, 3.8) is 0 Å². The van der Waals surface area contributed by atoms with Crippen LogP contribution in [0.4, 0.5) is 0 Å². The van der Waals surface area contributed by atoms with Crippen LogP contribution < -0.4 is 5.73 Å². The summed E-state index contributed by atoms with van der Waals surface area (Å²) in [6.07, 6.45) is 1.74. The van der Waals surface area contributed by atoms with E-state index in [4.69, 9.17) is 10.3 Å². The van der Waals surface area contributed by atoms with Gasteiger partial charge in [0.2, 0.25) is 0 Å². The van der Waals surface area contributed by atoms with E-state index in [2.05, 4.69) is 20.5 Å². The van der Waals surface area contributed by atoms with Gasteiger partial charge in [0.15, 0.2) is 11.5 Å². The molecule has 0 aliphatic rings. The van der Waals surface area contributed by atoms with Crippen molar-refractivity contribution in [2.75, 3.05) is 6.54 Å². The average Bonchev–Trinajstić information content (AvgIpc) is 2.84. The fourth-order valence-electron chi connectivity index (χ4n) is 1.21. The van der Waals surface area contributed by atoms with E-state index in [1.807, 2.05) is 13.8 Å². The van der Waals surface area contributed by atoms with E-state index in [1.165, 1.54) is 0 Å². The van der Waals surface area contributed by atoms with Gasteiger partial charge in [-0.3, -0.25) is 4.68 Å². The minimum atomic E-state index is 0.233. The van der Waals surface area contributed by atoms with Crippen LogP contribution in [-0.4, -0.2) is 31.7 Å². The van der Waals surface area contributed by atoms with Gasteiger partial charge in [-0.25, -0.2) is 0 Å². The lowest BCUT2D eigenvalue weighted by Gasteiger charge is -1.92. The van der Waals surface area contributed by atoms with E-state index >= 15 is 0 Å². The highest BCUT2D eigenvalue weighted by Gasteiger charge is 2.14. The Kier molecular flexibility index (Phi) is 2.95. The first-order valence-corrected chi connectivity index (χ1v) is 5.15. The van der Waals surface area contributed by atoms with Gasteiger partial charge in [0.1, 0.15) is 0 Å². The molecule has 7 nitrogen and oxygen atoms in total. The first kappa shape index (κ1) is 10.7. The molecule has 0 bridgehead atoms. The van der Waals surface area contributed by atoms with Gasteiger partial charge in [0.25, 0.3) is 5.89 Å². The van der Waals surface area contributed by atoms with Crippen LogP contribution in [0.5, 0.6) is 0 Å². The topological polar surface area (TPSA) is 95.7 Å². The lowest BCUT2D eigenvalue weighted by Crippen LogP contribution is -2.10. The van der Waals surface area contributed by atoms with E-state index in [0.717, 1.165) is 0 Å². The van der Waals surface area contributed by atoms with Gasteiger partial charge >= 0.3 is 0 Å². The fourth-order valence-corrected chi connectivity index (χ4v) is 1.21. The smallest absolute Gasteiger partial charge is 0.280 e. The minimum Gasteiger partial charge on any atom is -0.332 e. The highest BCUT2D eigenvalue weighted by atomic mass is 16.5. The van der Waals surface area contributed by atoms with E-state index in [1.54, 1.807) is 10.9 Å². The largest absolute Gasteiger partial charge is 0.332 e. The van der Waals surface area contributed by atoms with E-state index in [-0.39, 0.29) is 5.92 Å². The van der Waals surface area contributed by atoms with Crippen LogP contribution >= 0.6 is 0 Å². The van der Waals surface area contributed by atoms with Crippen molar-refractivity contribution >= 4 is 0 Å².